The van der Waals surface area contributed by atoms with Gasteiger partial charge in [-0.05, 0) is 153 Å². The van der Waals surface area contributed by atoms with E-state index in [1.165, 1.54) is 30.2 Å². The van der Waals surface area contributed by atoms with Gasteiger partial charge in [-0.25, -0.2) is 4.79 Å². The van der Waals surface area contributed by atoms with Crippen molar-refractivity contribution in [1.29, 1.82) is 5.41 Å². The number of carbonyl (C=O) groups is 12. The number of guanidine groups is 1. The lowest BCUT2D eigenvalue weighted by atomic mass is 9.70. The largest absolute Gasteiger partial charge is 0.508 e. The second-order valence-corrected chi connectivity index (χ2v) is 28.3. The number of phenolic OH excluding ortho intramolecular Hbond substituents is 1. The van der Waals surface area contributed by atoms with Crippen molar-refractivity contribution in [1.82, 2.24) is 47.4 Å². The molecule has 31 heteroatoms. The molecule has 6 aromatic rings. The van der Waals surface area contributed by atoms with Crippen LogP contribution in [-0.2, 0) is 84.0 Å². The number of carbonyl (C=O) groups excluding carboxylic acids is 12. The number of benzene rings is 6. The highest BCUT2D eigenvalue weighted by Crippen LogP contribution is 2.53. The van der Waals surface area contributed by atoms with Gasteiger partial charge < -0.3 is 94.7 Å². The fourth-order valence-corrected chi connectivity index (χ4v) is 14.0. The molecule has 31 nitrogen and oxygen atoms in total. The van der Waals surface area contributed by atoms with Crippen LogP contribution >= 0.6 is 0 Å². The van der Waals surface area contributed by atoms with Crippen LogP contribution in [0.25, 0.3) is 0 Å². The van der Waals surface area contributed by atoms with Crippen molar-refractivity contribution in [2.24, 2.45) is 22.9 Å². The predicted octanol–water partition coefficient (Wildman–Crippen LogP) is 1.71. The van der Waals surface area contributed by atoms with E-state index in [0.29, 0.717) is 41.7 Å². The second kappa shape index (κ2) is 38.0. The van der Waals surface area contributed by atoms with Crippen LogP contribution in [0.2, 0.25) is 0 Å². The van der Waals surface area contributed by atoms with Gasteiger partial charge in [0.25, 0.3) is 5.91 Å². The molecule has 3 aliphatic rings. The number of amides is 11. The molecule has 0 saturated carbocycles. The minimum atomic E-state index is -1.85. The molecule has 0 aromatic heterocycles. The first-order valence-corrected chi connectivity index (χ1v) is 36.8. The van der Waals surface area contributed by atoms with Crippen molar-refractivity contribution in [3.05, 3.63) is 189 Å². The smallest absolute Gasteiger partial charge is 0.340 e. The first-order valence-electron chi connectivity index (χ1n) is 36.8. The van der Waals surface area contributed by atoms with E-state index in [0.717, 1.165) is 39.2 Å². The molecule has 588 valence electrons. The molecule has 2 aliphatic heterocycles. The van der Waals surface area contributed by atoms with Gasteiger partial charge in [-0.2, -0.15) is 0 Å². The molecule has 1 aliphatic carbocycles. The van der Waals surface area contributed by atoms with E-state index in [1.807, 2.05) is 62.3 Å². The zero-order valence-electron chi connectivity index (χ0n) is 62.8. The summed E-state index contributed by atoms with van der Waals surface area (Å²) < 4.78 is 11.8. The molecule has 18 N–H and O–H groups in total. The van der Waals surface area contributed by atoms with Crippen LogP contribution < -0.4 is 80.0 Å². The topological polar surface area (TPSA) is 477 Å². The molecule has 0 unspecified atom stereocenters. The van der Waals surface area contributed by atoms with E-state index >= 15 is 0 Å². The van der Waals surface area contributed by atoms with Gasteiger partial charge in [0.2, 0.25) is 59.1 Å². The molecule has 1 spiro atoms. The maximum Gasteiger partial charge on any atom is 0.340 e. The van der Waals surface area contributed by atoms with Crippen LogP contribution in [0.1, 0.15) is 136 Å². The Morgan fingerprint density at radius 2 is 1.14 bits per heavy atom. The van der Waals surface area contributed by atoms with Gasteiger partial charge in [0.1, 0.15) is 53.8 Å². The number of aromatic hydroxyl groups is 1. The number of fused-ring (bicyclic) bond motifs is 6. The summed E-state index contributed by atoms with van der Waals surface area (Å²) >= 11 is 0. The highest BCUT2D eigenvalue weighted by molar-refractivity contribution is 6.02. The lowest BCUT2D eigenvalue weighted by Gasteiger charge is -2.38. The van der Waals surface area contributed by atoms with Crippen LogP contribution in [0.5, 0.6) is 11.5 Å². The lowest BCUT2D eigenvalue weighted by Crippen LogP contribution is -2.60. The molecule has 1 fully saturated rings. The number of methoxy groups -OCH3 is 1. The molecule has 1 saturated heterocycles. The molecule has 6 aromatic carbocycles. The molecular formula is C80H98N16O15. The van der Waals surface area contributed by atoms with E-state index < -0.39 is 144 Å². The third kappa shape index (κ3) is 21.7. The Hall–Kier alpha value is -12.6. The van der Waals surface area contributed by atoms with E-state index in [2.05, 4.69) is 54.7 Å². The molecule has 2 heterocycles. The maximum absolute atomic E-state index is 14.8. The Morgan fingerprint density at radius 1 is 0.586 bits per heavy atom. The molecule has 0 radical (unpaired) electrons. The molecule has 9 rings (SSSR count). The van der Waals surface area contributed by atoms with E-state index in [4.69, 9.17) is 37.8 Å². The van der Waals surface area contributed by atoms with E-state index in [9.17, 15) is 62.6 Å². The number of aryl methyl sites for hydroxylation is 1. The summed E-state index contributed by atoms with van der Waals surface area (Å²) in [4.78, 5) is 172. The van der Waals surface area contributed by atoms with Gasteiger partial charge in [0.05, 0.1) is 19.1 Å². The first-order chi connectivity index (χ1) is 53.0. The van der Waals surface area contributed by atoms with Crippen molar-refractivity contribution >= 4 is 88.3 Å². The fourth-order valence-electron chi connectivity index (χ4n) is 14.0. The van der Waals surface area contributed by atoms with Gasteiger partial charge in [0.15, 0.2) is 11.6 Å². The quantitative estimate of drug-likeness (QED) is 0.0114. The molecule has 0 bridgehead atoms. The number of nitrogens with one attached hydrogen (secondary N) is 9. The number of esters is 1. The van der Waals surface area contributed by atoms with Crippen LogP contribution in [-0.4, -0.2) is 184 Å². The van der Waals surface area contributed by atoms with E-state index in [1.54, 1.807) is 78.9 Å². The number of anilines is 2. The summed E-state index contributed by atoms with van der Waals surface area (Å²) in [7, 11) is 9.32. The Balaban J connectivity index is 0.842. The zero-order chi connectivity index (χ0) is 80.2. The number of unbranched alkanes of at least 4 members (excludes halogenated alkanes) is 1. The van der Waals surface area contributed by atoms with Crippen molar-refractivity contribution < 1.29 is 72.1 Å². The van der Waals surface area contributed by atoms with Crippen molar-refractivity contribution in [3.8, 4) is 11.5 Å². The third-order valence-electron chi connectivity index (χ3n) is 19.9. The summed E-state index contributed by atoms with van der Waals surface area (Å²) in [6, 6.07) is 28.4. The number of rotatable bonds is 38. The number of nitrogens with two attached hydrogens (primary N) is 4. The number of primary amides is 3. The maximum atomic E-state index is 14.8. The number of nitrogens with zero attached hydrogens (tertiary/aromatic N) is 3. The van der Waals surface area contributed by atoms with Gasteiger partial charge >= 0.3 is 5.97 Å². The van der Waals surface area contributed by atoms with Crippen LogP contribution in [0.3, 0.4) is 0 Å². The van der Waals surface area contributed by atoms with Crippen LogP contribution in [0.4, 0.5) is 11.4 Å². The Kier molecular flexibility index (Phi) is 28.2. The second-order valence-electron chi connectivity index (χ2n) is 28.3. The fraction of sp³-hybridized carbons (Fsp3) is 0.388. The average molecular weight is 1520 g/mol. The Morgan fingerprint density at radius 3 is 1.75 bits per heavy atom. The third-order valence-corrected chi connectivity index (χ3v) is 19.9. The predicted molar refractivity (Wildman–Crippen MR) is 412 cm³/mol. The number of hydrogen-bond acceptors (Lipinski definition) is 18. The highest BCUT2D eigenvalue weighted by Gasteiger charge is 2.53. The number of likely N-dealkylation sites (tertiary alicyclic amines) is 1. The zero-order valence-corrected chi connectivity index (χ0v) is 62.8. The minimum Gasteiger partial charge on any atom is -0.508 e. The average Bonchev–Trinajstić information content (AvgIpc) is 1.59. The van der Waals surface area contributed by atoms with Crippen LogP contribution in [0.15, 0.2) is 133 Å². The first kappa shape index (κ1) is 82.5. The van der Waals surface area contributed by atoms with Gasteiger partial charge in [0, 0.05) is 107 Å². The number of ether oxygens (including phenoxy) is 2. The molecule has 7 atom stereocenters. The summed E-state index contributed by atoms with van der Waals surface area (Å²) in [6.07, 6.45) is -0.266. The summed E-state index contributed by atoms with van der Waals surface area (Å²) in [5.41, 5.74) is 30.0. The normalized spacial score (nSPS) is 15.2. The SMILES string of the molecule is COc1ccc(C[C@@H](NC(=O)CCc2ccc(O)cc2)C(=O)N[C@@H](Cc2ccccc2)C(=O)N[C@@H](CCC(N)=O)C(=O)N[C@@H](CC(N)=O)C(=O)N[C@@H](CCCNC(=N)N)C(=O)N2CCC[C@H]2C(=O)N[C@@H](CCCCNC(=O)c2ccc3c(c2)C(=O)OC32c3ccc(N(C)C)cc3Cc3cc(N(C)C)ccc32)C(N)=O)cc1. The summed E-state index contributed by atoms with van der Waals surface area (Å²) in [6.45, 7) is 0.170. The van der Waals surface area contributed by atoms with Crippen molar-refractivity contribution in [2.45, 2.75) is 144 Å². The minimum absolute atomic E-state index is 0.00814. The highest BCUT2D eigenvalue weighted by atomic mass is 16.6. The monoisotopic (exact) mass is 1520 g/mol. The Bertz CT molecular complexity index is 4390. The molecular weight excluding hydrogens is 1420 g/mol. The van der Waals surface area contributed by atoms with Gasteiger partial charge in [-0.3, -0.25) is 58.1 Å². The van der Waals surface area contributed by atoms with E-state index in [-0.39, 0.29) is 94.3 Å². The summed E-state index contributed by atoms with van der Waals surface area (Å²) in [5, 5.41) is 38.8. The van der Waals surface area contributed by atoms with Gasteiger partial charge in [-0.15, -0.1) is 0 Å². The summed E-state index contributed by atoms with van der Waals surface area (Å²) in [5.74, 6) is -9.75. The number of phenols is 1. The van der Waals surface area contributed by atoms with Crippen LogP contribution in [0, 0.1) is 5.41 Å². The lowest BCUT2D eigenvalue weighted by molar-refractivity contribution is -0.142. The Labute approximate surface area is 642 Å². The van der Waals surface area contributed by atoms with Crippen molar-refractivity contribution in [2.75, 3.05) is 64.7 Å². The standard InChI is InChI=1S/C80H98N16O15/c1-94(2)52-24-31-57-50(42-52)41-51-43-53(95(3)4)25-32-58(51)80(57)59-30-23-49(44-56(59)78(109)111-80)71(102)86-36-10-9-15-60(70(83)101)89-76(107)66-17-12-38-96(66)77(108)62(16-11-37-87-79(84)85)91-75(106)65(45-68(82)99)93-72(103)61(33-34-67(81)98)90-74(105)64(39-47-13-7-6-8-14-47)92-73(104)63(40-48-20-28-55(110-5)29-21-48)88-69(100)35-22-46-18-26-54(97)27-19-46/h6-8,13-14,18-21,23-32,42-44,60-66,97H,9-12,15-17,22,33-41,45H2,1-5H3,(H2,81,98)(H2,82,99)(H2,83,101)(H,86,102)(H,88,100)(H,89,107)(H,90,105)(H,91,106)(H,92,104)(H,93,103)(H4,84,85,87)/t60-,61-,62-,63+,64-,65-,66-/m0/s1. The van der Waals surface area contributed by atoms with Gasteiger partial charge in [-0.1, -0.05) is 72.8 Å². The molecule has 111 heavy (non-hydrogen) atoms. The van der Waals surface area contributed by atoms with Crippen molar-refractivity contribution in [3.63, 3.8) is 0 Å². The molecule has 11 amide bonds. The number of hydrogen-bond donors (Lipinski definition) is 14.